The predicted molar refractivity (Wildman–Crippen MR) is 163 cm³/mol. The topological polar surface area (TPSA) is 120 Å². The van der Waals surface area contributed by atoms with E-state index >= 15 is 4.39 Å². The zero-order chi connectivity index (χ0) is 30.5. The van der Waals surface area contributed by atoms with Crippen LogP contribution in [0.25, 0.3) is 0 Å². The van der Waals surface area contributed by atoms with Gasteiger partial charge in [0.05, 0.1) is 39.0 Å². The number of pyridine rings is 1. The van der Waals surface area contributed by atoms with Crippen molar-refractivity contribution in [1.82, 2.24) is 9.88 Å². The van der Waals surface area contributed by atoms with Gasteiger partial charge in [0.1, 0.15) is 29.7 Å². The Labute approximate surface area is 249 Å². The van der Waals surface area contributed by atoms with Crippen LogP contribution >= 0.6 is 0 Å². The normalized spacial score (nSPS) is 13.9. The molecule has 1 aliphatic heterocycles. The number of nitrogens with one attached hydrogen (secondary N) is 2. The zero-order valence-electron chi connectivity index (χ0n) is 24.4. The van der Waals surface area contributed by atoms with Crippen molar-refractivity contribution in [3.05, 3.63) is 89.2 Å². The Balaban J connectivity index is 1.52. The van der Waals surface area contributed by atoms with E-state index in [2.05, 4.69) is 15.6 Å². The second-order valence-electron chi connectivity index (χ2n) is 9.94. The van der Waals surface area contributed by atoms with Gasteiger partial charge >= 0.3 is 0 Å². The first-order valence-electron chi connectivity index (χ1n) is 13.7. The molecule has 0 saturated carbocycles. The third-order valence-corrected chi connectivity index (χ3v) is 7.19. The molecule has 0 radical (unpaired) electrons. The number of anilines is 5. The molecule has 5 rings (SSSR count). The number of nitrogens with zero attached hydrogens (tertiary/aromatic N) is 2. The van der Waals surface area contributed by atoms with E-state index in [1.807, 2.05) is 6.07 Å². The summed E-state index contributed by atoms with van der Waals surface area (Å²) in [4.78, 5) is 20.1. The number of amides is 1. The van der Waals surface area contributed by atoms with Crippen molar-refractivity contribution in [2.75, 3.05) is 50.9 Å². The maximum absolute atomic E-state index is 16.2. The average molecular weight is 588 g/mol. The molecule has 1 unspecified atom stereocenters. The van der Waals surface area contributed by atoms with Gasteiger partial charge < -0.3 is 40.2 Å². The van der Waals surface area contributed by atoms with Crippen molar-refractivity contribution in [3.63, 3.8) is 0 Å². The number of halogens is 1. The maximum Gasteiger partial charge on any atom is 0.258 e. The lowest BCUT2D eigenvalue weighted by Crippen LogP contribution is -2.26. The van der Waals surface area contributed by atoms with Gasteiger partial charge in [0.25, 0.3) is 5.91 Å². The lowest BCUT2D eigenvalue weighted by atomic mass is 10.1. The molecule has 4 aromatic rings. The largest absolute Gasteiger partial charge is 0.497 e. The number of nitrogens with two attached hydrogens (primary N) is 1. The number of methoxy groups -OCH3 is 3. The predicted octanol–water partition coefficient (Wildman–Crippen LogP) is 6.05. The summed E-state index contributed by atoms with van der Waals surface area (Å²) in [5, 5.41) is 6.26. The highest BCUT2D eigenvalue weighted by atomic mass is 19.1. The molecule has 0 spiro atoms. The molecule has 4 N–H and O–H groups in total. The van der Waals surface area contributed by atoms with Crippen LogP contribution in [0.15, 0.2) is 66.7 Å². The third kappa shape index (κ3) is 6.26. The zero-order valence-corrected chi connectivity index (χ0v) is 24.4. The van der Waals surface area contributed by atoms with E-state index < -0.39 is 11.9 Å². The Morgan fingerprint density at radius 2 is 1.65 bits per heavy atom. The van der Waals surface area contributed by atoms with Crippen molar-refractivity contribution in [3.8, 4) is 17.2 Å². The van der Waals surface area contributed by atoms with E-state index in [1.165, 1.54) is 0 Å². The second kappa shape index (κ2) is 12.9. The fourth-order valence-corrected chi connectivity index (χ4v) is 4.98. The summed E-state index contributed by atoms with van der Waals surface area (Å²) in [6, 6.07) is 18.9. The molecule has 1 aromatic heterocycles. The lowest BCUT2D eigenvalue weighted by Gasteiger charge is -2.23. The van der Waals surface area contributed by atoms with E-state index in [1.54, 1.807) is 93.8 Å². The van der Waals surface area contributed by atoms with Crippen molar-refractivity contribution >= 4 is 34.6 Å². The number of hydrogen-bond acceptors (Lipinski definition) is 9. The molecule has 0 bridgehead atoms. The summed E-state index contributed by atoms with van der Waals surface area (Å²) < 4.78 is 37.8. The molecule has 0 saturated heterocycles. The van der Waals surface area contributed by atoms with E-state index in [4.69, 9.17) is 24.7 Å². The van der Waals surface area contributed by atoms with E-state index in [-0.39, 0.29) is 35.2 Å². The number of carbonyl (C=O) groups is 1. The molecular weight excluding hydrogens is 553 g/mol. The fraction of sp³-hybridized carbons (Fsp3) is 0.250. The van der Waals surface area contributed by atoms with E-state index in [9.17, 15) is 4.79 Å². The van der Waals surface area contributed by atoms with Crippen molar-refractivity contribution in [2.45, 2.75) is 19.5 Å². The molecule has 3 aromatic carbocycles. The molecule has 10 nitrogen and oxygen atoms in total. The first kappa shape index (κ1) is 29.5. The minimum absolute atomic E-state index is 0.0325. The lowest BCUT2D eigenvalue weighted by molar-refractivity contribution is 0.0721. The summed E-state index contributed by atoms with van der Waals surface area (Å²) in [6.07, 6.45) is 0. The quantitative estimate of drug-likeness (QED) is 0.134. The number of hydrogen-bond donors (Lipinski definition) is 3. The van der Waals surface area contributed by atoms with Crippen LogP contribution in [0.5, 0.6) is 17.2 Å². The molecule has 2 heterocycles. The van der Waals surface area contributed by atoms with Crippen molar-refractivity contribution in [1.29, 1.82) is 0 Å². The third-order valence-electron chi connectivity index (χ3n) is 7.19. The van der Waals surface area contributed by atoms with Gasteiger partial charge in [-0.2, -0.15) is 0 Å². The van der Waals surface area contributed by atoms with Gasteiger partial charge in [-0.15, -0.1) is 0 Å². The first-order chi connectivity index (χ1) is 20.8. The Morgan fingerprint density at radius 3 is 2.35 bits per heavy atom. The van der Waals surface area contributed by atoms with Crippen LogP contribution in [0.4, 0.5) is 33.1 Å². The SMILES string of the molecule is COCCOc1ccc(Nc2nc(Nc3cccc(N)c3)c(F)c3c2C(=O)N(Cc2ccc(OC)cc2OC)C3C)cc1. The standard InChI is InChI=1S/C32H34FN5O5/c1-19-27-28(32(39)38(19)18-20-8-11-25(41-3)17-26(20)42-4)30(35-22-9-12-24(13-10-22)43-15-14-40-2)37-31(29(27)33)36-23-7-5-6-21(34)16-23/h5-13,16-17,19H,14-15,18,34H2,1-4H3,(H2,35,36,37). The van der Waals surface area contributed by atoms with E-state index in [0.29, 0.717) is 47.5 Å². The van der Waals surface area contributed by atoms with Crippen LogP contribution in [-0.2, 0) is 11.3 Å². The Bertz CT molecular complexity index is 1620. The summed E-state index contributed by atoms with van der Waals surface area (Å²) in [6.45, 7) is 2.86. The molecule has 1 amide bonds. The maximum atomic E-state index is 16.2. The molecule has 224 valence electrons. The van der Waals surface area contributed by atoms with Gasteiger partial charge in [-0.1, -0.05) is 6.07 Å². The van der Waals surface area contributed by atoms with Gasteiger partial charge in [0.2, 0.25) is 0 Å². The average Bonchev–Trinajstić information content (AvgIpc) is 3.26. The minimum Gasteiger partial charge on any atom is -0.497 e. The molecule has 0 aliphatic carbocycles. The van der Waals surface area contributed by atoms with Crippen LogP contribution in [0, 0.1) is 5.82 Å². The number of carbonyl (C=O) groups excluding carboxylic acids is 1. The highest BCUT2D eigenvalue weighted by Gasteiger charge is 2.41. The number of aromatic nitrogens is 1. The second-order valence-corrected chi connectivity index (χ2v) is 9.94. The molecule has 43 heavy (non-hydrogen) atoms. The number of rotatable bonds is 12. The van der Waals surface area contributed by atoms with Gasteiger partial charge in [-0.05, 0) is 61.5 Å². The minimum atomic E-state index is -0.616. The van der Waals surface area contributed by atoms with Gasteiger partial charge in [0.15, 0.2) is 11.6 Å². The molecule has 1 aliphatic rings. The fourth-order valence-electron chi connectivity index (χ4n) is 4.98. The van der Waals surface area contributed by atoms with Crippen LogP contribution < -0.4 is 30.6 Å². The smallest absolute Gasteiger partial charge is 0.258 e. The van der Waals surface area contributed by atoms with Gasteiger partial charge in [-0.25, -0.2) is 9.37 Å². The number of nitrogen functional groups attached to an aromatic ring is 1. The monoisotopic (exact) mass is 587 g/mol. The van der Waals surface area contributed by atoms with Crippen LogP contribution in [0.3, 0.4) is 0 Å². The van der Waals surface area contributed by atoms with Crippen molar-refractivity contribution < 1.29 is 28.1 Å². The highest BCUT2D eigenvalue weighted by Crippen LogP contribution is 2.43. The van der Waals surface area contributed by atoms with Gasteiger partial charge in [-0.3, -0.25) is 4.79 Å². The summed E-state index contributed by atoms with van der Waals surface area (Å²) in [5.74, 6) is 1.06. The Hall–Kier alpha value is -5.03. The Morgan fingerprint density at radius 1 is 0.907 bits per heavy atom. The van der Waals surface area contributed by atoms with Crippen molar-refractivity contribution in [2.24, 2.45) is 0 Å². The van der Waals surface area contributed by atoms with Crippen LogP contribution in [0.2, 0.25) is 0 Å². The molecule has 11 heteroatoms. The molecule has 0 fully saturated rings. The summed E-state index contributed by atoms with van der Waals surface area (Å²) in [7, 11) is 4.73. The number of ether oxygens (including phenoxy) is 4. The Kier molecular flexibility index (Phi) is 8.82. The number of fused-ring (bicyclic) bond motifs is 1. The summed E-state index contributed by atoms with van der Waals surface area (Å²) in [5.41, 5.74) is 8.82. The molecule has 1 atom stereocenters. The van der Waals surface area contributed by atoms with Gasteiger partial charge in [0, 0.05) is 41.4 Å². The van der Waals surface area contributed by atoms with Crippen LogP contribution in [0.1, 0.15) is 34.5 Å². The van der Waals surface area contributed by atoms with Crippen LogP contribution in [-0.4, -0.2) is 50.3 Å². The molecular formula is C32H34FN5O5. The van der Waals surface area contributed by atoms with E-state index in [0.717, 1.165) is 5.56 Å². The summed E-state index contributed by atoms with van der Waals surface area (Å²) >= 11 is 0. The highest BCUT2D eigenvalue weighted by molar-refractivity contribution is 6.04. The first-order valence-corrected chi connectivity index (χ1v) is 13.7. The number of benzene rings is 3.